The number of rotatable bonds is 15. The summed E-state index contributed by atoms with van der Waals surface area (Å²) in [4.78, 5) is 35.1. The summed E-state index contributed by atoms with van der Waals surface area (Å²) in [7, 11) is 0. The molecule has 1 aromatic heterocycles. The van der Waals surface area contributed by atoms with Gasteiger partial charge in [0, 0.05) is 118 Å². The number of aromatic hydroxyl groups is 2. The van der Waals surface area contributed by atoms with Crippen LogP contribution in [0.4, 0.5) is 4.79 Å². The van der Waals surface area contributed by atoms with Gasteiger partial charge < -0.3 is 69.2 Å². The first-order valence-electron chi connectivity index (χ1n) is 37.9. The highest BCUT2D eigenvalue weighted by Crippen LogP contribution is 2.62. The van der Waals surface area contributed by atoms with E-state index in [0.29, 0.717) is 68.3 Å². The molecule has 16 rings (SSSR count). The van der Waals surface area contributed by atoms with E-state index in [1.165, 1.54) is 82.2 Å². The number of fused-ring (bicyclic) bond motifs is 3. The van der Waals surface area contributed by atoms with Gasteiger partial charge in [0.2, 0.25) is 5.96 Å². The zero-order chi connectivity index (χ0) is 71.0. The Balaban J connectivity index is 0.000000135. The molecule has 101 heavy (non-hydrogen) atoms. The molecule has 3 aromatic carbocycles. The smallest absolute Gasteiger partial charge is 0.407 e. The number of halogens is 1. The van der Waals surface area contributed by atoms with E-state index in [1.807, 2.05) is 45.9 Å². The number of nitrogens with one attached hydrogen (secondary N) is 4. The largest absolute Gasteiger partial charge is 0.508 e. The van der Waals surface area contributed by atoms with Crippen LogP contribution in [0.2, 0.25) is 0 Å². The molecular formula is C78H119ClN14O8. The molecule has 556 valence electrons. The fourth-order valence-electron chi connectivity index (χ4n) is 19.8. The number of aryl methyl sites for hydroxylation is 1. The van der Waals surface area contributed by atoms with Crippen LogP contribution in [-0.4, -0.2) is 198 Å². The lowest BCUT2D eigenvalue weighted by Gasteiger charge is -2.65. The first kappa shape index (κ1) is 76.2. The number of benzene rings is 3. The predicted molar refractivity (Wildman–Crippen MR) is 398 cm³/mol. The van der Waals surface area contributed by atoms with Crippen molar-refractivity contribution in [2.24, 2.45) is 45.7 Å². The Morgan fingerprint density at radius 2 is 1.13 bits per heavy atom. The second-order valence-corrected chi connectivity index (χ2v) is 33.0. The minimum Gasteiger partial charge on any atom is -0.508 e. The number of amides is 1. The van der Waals surface area contributed by atoms with Crippen molar-refractivity contribution in [2.45, 2.75) is 245 Å². The predicted octanol–water partition coefficient (Wildman–Crippen LogP) is 7.04. The van der Waals surface area contributed by atoms with Gasteiger partial charge in [0.1, 0.15) is 22.9 Å². The second kappa shape index (κ2) is 31.0. The normalized spacial score (nSPS) is 31.8. The first-order chi connectivity index (χ1) is 47.7. The van der Waals surface area contributed by atoms with E-state index in [1.54, 1.807) is 24.5 Å². The number of hydrogen-bond donors (Lipinski definition) is 13. The summed E-state index contributed by atoms with van der Waals surface area (Å²) in [5.41, 5.74) is 27.1. The average Bonchev–Trinajstić information content (AvgIpc) is 1.69. The van der Waals surface area contributed by atoms with Crippen LogP contribution in [-0.2, 0) is 45.0 Å². The number of Topliss-reactive ketones (excluding diaryl/α,β-unsaturated/α-hetero) is 1. The van der Waals surface area contributed by atoms with Crippen LogP contribution < -0.4 is 38.9 Å². The highest BCUT2D eigenvalue weighted by molar-refractivity contribution is 5.85. The molecule has 4 aromatic rings. The van der Waals surface area contributed by atoms with Crippen LogP contribution in [0.3, 0.4) is 0 Å². The molecule has 23 heteroatoms. The Morgan fingerprint density at radius 1 is 0.663 bits per heavy atom. The molecule has 3 saturated heterocycles. The molecular weight excluding hydrogens is 1300 g/mol. The van der Waals surface area contributed by atoms with Gasteiger partial charge in [0.05, 0.1) is 23.3 Å². The third-order valence-electron chi connectivity index (χ3n) is 25.1. The number of carbonyl (C=O) groups excluding carboxylic acids is 2. The molecule has 0 radical (unpaired) electrons. The molecule has 17 N–H and O–H groups in total. The van der Waals surface area contributed by atoms with Gasteiger partial charge in [-0.25, -0.2) is 9.48 Å². The minimum absolute atomic E-state index is 0. The average molecular weight is 1420 g/mol. The number of likely N-dealkylation sites (tertiary alicyclic amines) is 3. The molecule has 3 aliphatic heterocycles. The molecule has 6 saturated carbocycles. The van der Waals surface area contributed by atoms with E-state index in [4.69, 9.17) is 33.1 Å². The second-order valence-electron chi connectivity index (χ2n) is 33.0. The van der Waals surface area contributed by atoms with Gasteiger partial charge in [-0.3, -0.25) is 29.9 Å². The molecule has 9 aliphatic carbocycles. The summed E-state index contributed by atoms with van der Waals surface area (Å²) < 4.78 is 6.27. The van der Waals surface area contributed by atoms with Gasteiger partial charge in [-0.1, -0.05) is 42.8 Å². The number of aliphatic imine (C=N–C) groups is 1. The van der Waals surface area contributed by atoms with Crippen LogP contribution in [0, 0.1) is 30.1 Å². The fraction of sp³-hybridized carbons (Fsp3) is 0.679. The maximum absolute atomic E-state index is 12.4. The number of nitrogens with zero attached hydrogens (tertiary/aromatic N) is 6. The van der Waals surface area contributed by atoms with Crippen molar-refractivity contribution < 1.29 is 39.9 Å². The number of hydrogen-bond acceptors (Lipinski definition) is 17. The van der Waals surface area contributed by atoms with E-state index < -0.39 is 22.4 Å². The highest BCUT2D eigenvalue weighted by Gasteiger charge is 2.68. The third-order valence-corrected chi connectivity index (χ3v) is 25.1. The SMILES string of the molecule is CCCNC(=O)OC(C)(C)C.Cc1ccc2c(c1)[C@]13CCN(CC4CC4)[C@H](C2)[C@]1(O)CCC(=O)C3.Cl.N=C(N)n1cccn1.NC(N)=NCCN[C@@H]1CC[C@@]2(O)[C@H]3Cc4ccc(O)cc4[C@@]2(CCN3CC2CC2)C1.NCCN[C@@H]1CC[C@@]2(O)[C@H]3Cc4ccc(O)cc4[C@@]2(CCN3CC2CC2)C1. The molecule has 0 spiro atoms. The van der Waals surface area contributed by atoms with Crippen molar-refractivity contribution in [3.8, 4) is 11.5 Å². The zero-order valence-corrected chi connectivity index (χ0v) is 61.6. The number of ether oxygens (including phenoxy) is 1. The van der Waals surface area contributed by atoms with Crippen LogP contribution in [0.15, 0.2) is 78.0 Å². The Morgan fingerprint density at radius 3 is 1.55 bits per heavy atom. The van der Waals surface area contributed by atoms with E-state index in [0.717, 1.165) is 154 Å². The van der Waals surface area contributed by atoms with Gasteiger partial charge in [-0.2, -0.15) is 5.10 Å². The lowest BCUT2D eigenvalue weighted by molar-refractivity contribution is -0.173. The summed E-state index contributed by atoms with van der Waals surface area (Å²) in [6.07, 6.45) is 24.5. The standard InChI is InChI=1S/C23H35N5O2.C22H33N3O2.C21H27NO2.C8H17NO2.C4H6N4.ClH/c24-21(25)27-9-8-26-17-5-6-23(30)20-11-16-3-4-18(29)12-19(16)22(23,13-17)7-10-28(20)14-15-1-2-15;23-8-9-24-17-5-6-22(27)20-11-16-3-4-18(26)12-19(16)21(22,13-17)7-10-25(20)14-15-1-2-15;1-14-2-5-16-11-19-21(24)7-6-17(23)12-20(21,18(16)10-14)8-9-22(19)13-15-3-4-15;1-5-6-9-7(10)11-8(2,3)4;5-4(6)8-3-1-2-7-8;/h3-4,12,15,17,20,26,29-30H,1-2,5-11,13-14H2,(H4,24,25,27);3-4,12,15,17,20,24,26-27H,1-2,5-11,13-14,23H2;2,5,10,15,19,24H,3-4,6-9,11-13H2,1H3;5-6H2,1-4H3,(H,9,10);1-3H,(H3,5,6);1H/t17-,20-,22-,23-;17-,20-,21-,22-;19-,20-,21-;;;/m111.../s1. The van der Waals surface area contributed by atoms with Gasteiger partial charge in [-0.15, -0.1) is 12.4 Å². The summed E-state index contributed by atoms with van der Waals surface area (Å²) in [5, 5.41) is 77.2. The van der Waals surface area contributed by atoms with Gasteiger partial charge in [0.25, 0.3) is 0 Å². The summed E-state index contributed by atoms with van der Waals surface area (Å²) in [6, 6.07) is 21.3. The molecule has 4 heterocycles. The van der Waals surface area contributed by atoms with Crippen LogP contribution in [0.25, 0.3) is 0 Å². The number of nitrogen functional groups attached to an aromatic ring is 1. The number of aliphatic hydroxyl groups is 3. The van der Waals surface area contributed by atoms with Crippen molar-refractivity contribution in [1.29, 1.82) is 5.41 Å². The molecule has 1 amide bonds. The monoisotopic (exact) mass is 1410 g/mol. The quantitative estimate of drug-likeness (QED) is 0.0322. The lowest BCUT2D eigenvalue weighted by atomic mass is 9.49. The van der Waals surface area contributed by atoms with Gasteiger partial charge >= 0.3 is 6.09 Å². The molecule has 9 fully saturated rings. The number of aromatic nitrogens is 2. The van der Waals surface area contributed by atoms with Gasteiger partial charge in [-0.05, 0) is 257 Å². The van der Waals surface area contributed by atoms with Gasteiger partial charge in [0.15, 0.2) is 5.96 Å². The fourth-order valence-corrected chi connectivity index (χ4v) is 19.8. The Kier molecular flexibility index (Phi) is 23.4. The maximum atomic E-state index is 12.4. The van der Waals surface area contributed by atoms with Crippen molar-refractivity contribution in [1.82, 2.24) is 40.4 Å². The summed E-state index contributed by atoms with van der Waals surface area (Å²) >= 11 is 0. The van der Waals surface area contributed by atoms with Crippen molar-refractivity contribution in [3.05, 3.63) is 112 Å². The number of carbonyl (C=O) groups is 2. The molecule has 11 atom stereocenters. The van der Waals surface area contributed by atoms with Crippen LogP contribution in [0.5, 0.6) is 11.5 Å². The van der Waals surface area contributed by atoms with E-state index >= 15 is 0 Å². The molecule has 12 aliphatic rings. The van der Waals surface area contributed by atoms with Crippen molar-refractivity contribution in [3.63, 3.8) is 0 Å². The number of phenols is 2. The van der Waals surface area contributed by atoms with Crippen molar-refractivity contribution in [2.75, 3.05) is 72.0 Å². The van der Waals surface area contributed by atoms with Crippen LogP contribution in [0.1, 0.15) is 189 Å². The van der Waals surface area contributed by atoms with Crippen LogP contribution >= 0.6 is 12.4 Å². The number of phenolic OH excluding ortho intramolecular Hbond substituents is 2. The van der Waals surface area contributed by atoms with E-state index in [-0.39, 0.29) is 64.8 Å². The Hall–Kier alpha value is -5.92. The zero-order valence-electron chi connectivity index (χ0n) is 60.7. The number of nitrogens with two attached hydrogens (primary N) is 4. The Bertz CT molecular complexity index is 3560. The minimum atomic E-state index is -0.737. The topological polar surface area (TPSA) is 348 Å². The molecule has 6 bridgehead atoms. The number of alkyl carbamates (subject to hydrolysis) is 1. The van der Waals surface area contributed by atoms with E-state index in [9.17, 15) is 35.1 Å². The number of guanidine groups is 1. The van der Waals surface area contributed by atoms with E-state index in [2.05, 4.69) is 78.0 Å². The maximum Gasteiger partial charge on any atom is 0.407 e. The number of ketones is 1. The molecule has 22 nitrogen and oxygen atoms in total. The number of piperidine rings is 3. The van der Waals surface area contributed by atoms with Crippen molar-refractivity contribution >= 4 is 36.2 Å². The highest BCUT2D eigenvalue weighted by atomic mass is 35.5. The summed E-state index contributed by atoms with van der Waals surface area (Å²) in [6.45, 7) is 19.6. The Labute approximate surface area is 604 Å². The summed E-state index contributed by atoms with van der Waals surface area (Å²) in [5.74, 6) is 3.51. The lowest BCUT2D eigenvalue weighted by Crippen LogP contribution is -2.74. The first-order valence-corrected chi connectivity index (χ1v) is 37.9. The third kappa shape index (κ3) is 16.0. The molecule has 0 unspecified atom stereocenters.